The van der Waals surface area contributed by atoms with Crippen LogP contribution in [-0.4, -0.2) is 71.5 Å². The number of ether oxygens (including phenoxy) is 3. The molecule has 1 fully saturated rings. The van der Waals surface area contributed by atoms with Gasteiger partial charge in [-0.05, 0) is 69.1 Å². The summed E-state index contributed by atoms with van der Waals surface area (Å²) >= 11 is 0. The SMILES string of the molecule is COc1cc(C(C)OC(C)=O)ccc1OCCCN1CCC(c2noc3cccc(F)c23)CC1.O=C(O)C=CC(=O)O. The quantitative estimate of drug-likeness (QED) is 0.178. The van der Waals surface area contributed by atoms with Gasteiger partial charge in [0.1, 0.15) is 11.9 Å². The molecule has 0 spiro atoms. The van der Waals surface area contributed by atoms with Crippen LogP contribution in [0.3, 0.4) is 0 Å². The normalized spacial score (nSPS) is 14.7. The van der Waals surface area contributed by atoms with Gasteiger partial charge in [-0.3, -0.25) is 4.79 Å². The molecule has 0 saturated carbocycles. The Balaban J connectivity index is 0.000000531. The number of benzene rings is 2. The number of piperidine rings is 1. The molecule has 226 valence electrons. The van der Waals surface area contributed by atoms with Crippen molar-refractivity contribution < 1.29 is 47.7 Å². The molecule has 2 heterocycles. The molecule has 1 aliphatic rings. The average Bonchev–Trinajstić information content (AvgIpc) is 3.40. The van der Waals surface area contributed by atoms with Gasteiger partial charge in [-0.15, -0.1) is 0 Å². The van der Waals surface area contributed by atoms with Gasteiger partial charge in [0.05, 0.1) is 24.8 Å². The van der Waals surface area contributed by atoms with Crippen LogP contribution in [0.1, 0.15) is 56.4 Å². The molecule has 1 aliphatic heterocycles. The van der Waals surface area contributed by atoms with Crippen molar-refractivity contribution in [2.75, 3.05) is 33.4 Å². The molecule has 0 bridgehead atoms. The lowest BCUT2D eigenvalue weighted by molar-refractivity contribution is -0.145. The van der Waals surface area contributed by atoms with Gasteiger partial charge in [0.2, 0.25) is 0 Å². The van der Waals surface area contributed by atoms with Crippen LogP contribution in [0, 0.1) is 5.82 Å². The van der Waals surface area contributed by atoms with E-state index in [0.29, 0.717) is 41.2 Å². The molecule has 1 unspecified atom stereocenters. The Labute approximate surface area is 242 Å². The predicted octanol–water partition coefficient (Wildman–Crippen LogP) is 4.96. The second-order valence-electron chi connectivity index (χ2n) is 9.67. The number of rotatable bonds is 11. The molecule has 2 aromatic carbocycles. The fraction of sp³-hybridized carbons (Fsp3) is 0.400. The van der Waals surface area contributed by atoms with Crippen molar-refractivity contribution in [3.8, 4) is 11.5 Å². The number of hydrogen-bond donors (Lipinski definition) is 2. The lowest BCUT2D eigenvalue weighted by Gasteiger charge is -2.31. The Kier molecular flexibility index (Phi) is 11.9. The van der Waals surface area contributed by atoms with Crippen molar-refractivity contribution >= 4 is 28.9 Å². The van der Waals surface area contributed by atoms with Gasteiger partial charge >= 0.3 is 17.9 Å². The number of hydrogen-bond acceptors (Lipinski definition) is 9. The zero-order valence-corrected chi connectivity index (χ0v) is 23.7. The number of carboxylic acid groups (broad SMARTS) is 2. The fourth-order valence-corrected chi connectivity index (χ4v) is 4.67. The Morgan fingerprint density at radius 1 is 1.12 bits per heavy atom. The summed E-state index contributed by atoms with van der Waals surface area (Å²) in [7, 11) is 1.59. The summed E-state index contributed by atoms with van der Waals surface area (Å²) < 4.78 is 36.2. The lowest BCUT2D eigenvalue weighted by Crippen LogP contribution is -2.34. The summed E-state index contributed by atoms with van der Waals surface area (Å²) in [5.41, 5.74) is 2.11. The van der Waals surface area contributed by atoms with E-state index < -0.39 is 11.9 Å². The van der Waals surface area contributed by atoms with Crippen LogP contribution in [0.4, 0.5) is 4.39 Å². The van der Waals surface area contributed by atoms with Crippen LogP contribution in [0.15, 0.2) is 53.1 Å². The van der Waals surface area contributed by atoms with Gasteiger partial charge < -0.3 is 33.8 Å². The van der Waals surface area contributed by atoms with Crippen molar-refractivity contribution in [2.45, 2.75) is 45.1 Å². The number of methoxy groups -OCH3 is 1. The summed E-state index contributed by atoms with van der Waals surface area (Å²) in [4.78, 5) is 32.7. The maximum Gasteiger partial charge on any atom is 0.328 e. The number of carbonyl (C=O) groups is 3. The minimum absolute atomic E-state index is 0.211. The number of aromatic nitrogens is 1. The first-order chi connectivity index (χ1) is 20.1. The third-order valence-electron chi connectivity index (χ3n) is 6.69. The zero-order chi connectivity index (χ0) is 30.6. The van der Waals surface area contributed by atoms with Crippen LogP contribution in [0.25, 0.3) is 11.0 Å². The van der Waals surface area contributed by atoms with Crippen molar-refractivity contribution in [2.24, 2.45) is 0 Å². The monoisotopic (exact) mass is 586 g/mol. The minimum atomic E-state index is -1.26. The standard InChI is InChI=1S/C26H31FN2O5.C4H4O4/c1-17(33-18(2)30)20-8-9-22(24(16-20)31-3)32-15-5-12-29-13-10-19(11-14-29)26-25-21(27)6-4-7-23(25)34-28-26;5-3(6)1-2-4(7)8/h4,6-9,16-17,19H,5,10-15H2,1-3H3;1-2H,(H,5,6)(H,7,8). The number of likely N-dealkylation sites (tertiary alicyclic amines) is 1. The minimum Gasteiger partial charge on any atom is -0.493 e. The molecule has 1 aromatic heterocycles. The van der Waals surface area contributed by atoms with E-state index in [9.17, 15) is 18.8 Å². The molecule has 0 radical (unpaired) electrons. The van der Waals surface area contributed by atoms with Crippen LogP contribution in [0.2, 0.25) is 0 Å². The molecule has 11 nitrogen and oxygen atoms in total. The molecular formula is C30H35FN2O9. The highest BCUT2D eigenvalue weighted by Crippen LogP contribution is 2.34. The summed E-state index contributed by atoms with van der Waals surface area (Å²) in [5, 5.41) is 20.3. The van der Waals surface area contributed by atoms with Gasteiger partial charge in [-0.1, -0.05) is 17.3 Å². The largest absolute Gasteiger partial charge is 0.493 e. The second kappa shape index (κ2) is 15.5. The molecular weight excluding hydrogens is 551 g/mol. The highest BCUT2D eigenvalue weighted by molar-refractivity contribution is 5.89. The Bertz CT molecular complexity index is 1380. The molecule has 3 aromatic rings. The smallest absolute Gasteiger partial charge is 0.328 e. The third kappa shape index (κ3) is 9.30. The highest BCUT2D eigenvalue weighted by atomic mass is 19.1. The van der Waals surface area contributed by atoms with Crippen LogP contribution in [0.5, 0.6) is 11.5 Å². The molecule has 1 saturated heterocycles. The summed E-state index contributed by atoms with van der Waals surface area (Å²) in [5.74, 6) is -1.61. The van der Waals surface area contributed by atoms with Gasteiger partial charge in [-0.25, -0.2) is 14.0 Å². The number of carbonyl (C=O) groups excluding carboxylic acids is 1. The fourth-order valence-electron chi connectivity index (χ4n) is 4.67. The van der Waals surface area contributed by atoms with Crippen LogP contribution < -0.4 is 9.47 Å². The van der Waals surface area contributed by atoms with Crippen LogP contribution in [-0.2, 0) is 19.1 Å². The Morgan fingerprint density at radius 3 is 2.43 bits per heavy atom. The topological polar surface area (TPSA) is 149 Å². The van der Waals surface area contributed by atoms with Crippen molar-refractivity contribution in [3.05, 3.63) is 65.6 Å². The molecule has 1 atom stereocenters. The van der Waals surface area contributed by atoms with Crippen molar-refractivity contribution in [1.29, 1.82) is 0 Å². The molecule has 0 aliphatic carbocycles. The van der Waals surface area contributed by atoms with E-state index in [4.69, 9.17) is 28.9 Å². The van der Waals surface area contributed by atoms with E-state index in [-0.39, 0.29) is 23.8 Å². The summed E-state index contributed by atoms with van der Waals surface area (Å²) in [6, 6.07) is 10.4. The van der Waals surface area contributed by atoms with Gasteiger partial charge in [-0.2, -0.15) is 0 Å². The van der Waals surface area contributed by atoms with E-state index in [1.807, 2.05) is 25.1 Å². The average molecular weight is 587 g/mol. The van der Waals surface area contributed by atoms with Gasteiger partial charge in [0.25, 0.3) is 0 Å². The zero-order valence-electron chi connectivity index (χ0n) is 23.7. The molecule has 12 heteroatoms. The van der Waals surface area contributed by atoms with Crippen molar-refractivity contribution in [3.63, 3.8) is 0 Å². The van der Waals surface area contributed by atoms with Gasteiger partial charge in [0, 0.05) is 31.5 Å². The van der Waals surface area contributed by atoms with Crippen LogP contribution >= 0.6 is 0 Å². The number of esters is 1. The maximum atomic E-state index is 14.3. The van der Waals surface area contributed by atoms with E-state index >= 15 is 0 Å². The molecule has 2 N–H and O–H groups in total. The first kappa shape index (κ1) is 32.1. The lowest BCUT2D eigenvalue weighted by atomic mass is 9.91. The number of fused-ring (bicyclic) bond motifs is 1. The van der Waals surface area contributed by atoms with Crippen molar-refractivity contribution in [1.82, 2.24) is 10.1 Å². The highest BCUT2D eigenvalue weighted by Gasteiger charge is 2.26. The second-order valence-corrected chi connectivity index (χ2v) is 9.67. The Hall–Kier alpha value is -4.45. The number of carboxylic acids is 2. The number of aliphatic carboxylic acids is 2. The third-order valence-corrected chi connectivity index (χ3v) is 6.69. The van der Waals surface area contributed by atoms with E-state index in [2.05, 4.69) is 10.1 Å². The van der Waals surface area contributed by atoms with E-state index in [1.54, 1.807) is 19.2 Å². The van der Waals surface area contributed by atoms with E-state index in [1.165, 1.54) is 13.0 Å². The molecule has 42 heavy (non-hydrogen) atoms. The maximum absolute atomic E-state index is 14.3. The first-order valence-corrected chi connectivity index (χ1v) is 13.5. The predicted molar refractivity (Wildman–Crippen MR) is 150 cm³/mol. The van der Waals surface area contributed by atoms with E-state index in [0.717, 1.165) is 50.2 Å². The number of nitrogens with zero attached hydrogens (tertiary/aromatic N) is 2. The Morgan fingerprint density at radius 2 is 1.81 bits per heavy atom. The first-order valence-electron chi connectivity index (χ1n) is 13.5. The molecule has 4 rings (SSSR count). The summed E-state index contributed by atoms with van der Waals surface area (Å²) in [6.07, 6.45) is 3.49. The summed E-state index contributed by atoms with van der Waals surface area (Å²) in [6.45, 7) is 6.56. The number of halogens is 1. The van der Waals surface area contributed by atoms with Gasteiger partial charge in [0.15, 0.2) is 17.1 Å². The molecule has 0 amide bonds.